The topological polar surface area (TPSA) is 89.9 Å². The average Bonchev–Trinajstić information content (AvgIpc) is 2.82. The van der Waals surface area contributed by atoms with Crippen LogP contribution in [0.4, 0.5) is 0 Å². The lowest BCUT2D eigenvalue weighted by Gasteiger charge is -2.59. The summed E-state index contributed by atoms with van der Waals surface area (Å²) in [5.74, 6) is -1.86. The molecule has 6 atom stereocenters. The number of fused-ring (bicyclic) bond motifs is 1. The third-order valence-electron chi connectivity index (χ3n) is 6.50. The highest BCUT2D eigenvalue weighted by Crippen LogP contribution is 2.60. The number of Topliss-reactive ketones (excluding diaryl/α,β-unsaturated/α-hetero) is 1. The minimum absolute atomic E-state index is 0.0371. The van der Waals surface area contributed by atoms with Gasteiger partial charge in [0.25, 0.3) is 0 Å². The van der Waals surface area contributed by atoms with E-state index >= 15 is 0 Å². The molecule has 0 aromatic heterocycles. The van der Waals surface area contributed by atoms with Crippen molar-refractivity contribution in [2.75, 3.05) is 0 Å². The molecule has 6 heteroatoms. The fraction of sp³-hybridized carbons (Fsp3) is 0.632. The van der Waals surface area contributed by atoms with Gasteiger partial charge in [0.15, 0.2) is 22.9 Å². The molecule has 3 fully saturated rings. The number of ketones is 2. The second-order valence-electron chi connectivity index (χ2n) is 7.97. The van der Waals surface area contributed by atoms with Crippen LogP contribution in [0.25, 0.3) is 0 Å². The summed E-state index contributed by atoms with van der Waals surface area (Å²) in [6.45, 7) is 5.48. The van der Waals surface area contributed by atoms with Gasteiger partial charge in [0, 0.05) is 24.7 Å². The SMILES string of the molecule is C[C@@H]1CCC(=O)C2=C3O[C@@]4(C)[C@H](C)C[C@@]3(OC2=O)[C@H](/C=C/C1=O)[C@H]4O. The van der Waals surface area contributed by atoms with E-state index in [1.807, 2.05) is 6.92 Å². The molecule has 1 spiro atoms. The van der Waals surface area contributed by atoms with Crippen molar-refractivity contribution in [2.24, 2.45) is 17.8 Å². The second kappa shape index (κ2) is 5.04. The van der Waals surface area contributed by atoms with E-state index in [1.54, 1.807) is 19.9 Å². The van der Waals surface area contributed by atoms with Crippen LogP contribution < -0.4 is 0 Å². The molecule has 5 rings (SSSR count). The molecule has 0 unspecified atom stereocenters. The van der Waals surface area contributed by atoms with Crippen LogP contribution in [0.3, 0.4) is 0 Å². The molecule has 1 saturated carbocycles. The molecule has 5 aliphatic rings. The lowest BCUT2D eigenvalue weighted by atomic mass is 9.59. The third-order valence-corrected chi connectivity index (χ3v) is 6.50. The zero-order valence-corrected chi connectivity index (χ0v) is 14.6. The summed E-state index contributed by atoms with van der Waals surface area (Å²) in [4.78, 5) is 37.5. The average molecular weight is 346 g/mol. The summed E-state index contributed by atoms with van der Waals surface area (Å²) in [5.41, 5.74) is -2.16. The van der Waals surface area contributed by atoms with Gasteiger partial charge in [-0.05, 0) is 19.4 Å². The second-order valence-corrected chi connectivity index (χ2v) is 7.97. The minimum atomic E-state index is -1.19. The Morgan fingerprint density at radius 1 is 1.20 bits per heavy atom. The summed E-state index contributed by atoms with van der Waals surface area (Å²) < 4.78 is 11.7. The quantitative estimate of drug-likeness (QED) is 0.528. The number of hydrogen-bond acceptors (Lipinski definition) is 6. The summed E-state index contributed by atoms with van der Waals surface area (Å²) >= 11 is 0. The predicted octanol–water partition coefficient (Wildman–Crippen LogP) is 1.47. The van der Waals surface area contributed by atoms with Crippen molar-refractivity contribution >= 4 is 17.5 Å². The number of carbonyl (C=O) groups excluding carboxylic acids is 3. The standard InChI is InChI=1S/C19H22O6/c1-9-4-6-13(21)14-16-19(25-17(14)23)8-10(2)18(3,24-16)15(22)11(19)5-7-12(9)20/h5,7,9-11,15,22H,4,6,8H2,1-3H3/b7-5+/t9-,10-,11-,15-,18+,19-/m1/s1. The molecule has 0 amide bonds. The summed E-state index contributed by atoms with van der Waals surface area (Å²) in [7, 11) is 0. The highest BCUT2D eigenvalue weighted by Gasteiger charge is 2.70. The van der Waals surface area contributed by atoms with Gasteiger partial charge in [-0.15, -0.1) is 0 Å². The Bertz CT molecular complexity index is 749. The van der Waals surface area contributed by atoms with E-state index in [1.165, 1.54) is 6.08 Å². The molecule has 134 valence electrons. The van der Waals surface area contributed by atoms with Crippen molar-refractivity contribution in [3.05, 3.63) is 23.5 Å². The maximum Gasteiger partial charge on any atom is 0.346 e. The Labute approximate surface area is 145 Å². The molecule has 5 bridgehead atoms. The van der Waals surface area contributed by atoms with Gasteiger partial charge in [-0.1, -0.05) is 19.9 Å². The number of aliphatic hydroxyl groups excluding tert-OH is 1. The predicted molar refractivity (Wildman–Crippen MR) is 86.2 cm³/mol. The number of hydrogen-bond donors (Lipinski definition) is 1. The number of esters is 1. The smallest absolute Gasteiger partial charge is 0.346 e. The van der Waals surface area contributed by atoms with Gasteiger partial charge in [-0.2, -0.15) is 0 Å². The Balaban J connectivity index is 1.94. The molecule has 0 radical (unpaired) electrons. The van der Waals surface area contributed by atoms with Crippen molar-refractivity contribution in [1.82, 2.24) is 0 Å². The van der Waals surface area contributed by atoms with E-state index in [4.69, 9.17) is 9.47 Å². The lowest BCUT2D eigenvalue weighted by Crippen LogP contribution is -2.69. The lowest BCUT2D eigenvalue weighted by molar-refractivity contribution is -0.262. The van der Waals surface area contributed by atoms with E-state index < -0.39 is 29.2 Å². The van der Waals surface area contributed by atoms with E-state index in [9.17, 15) is 19.5 Å². The van der Waals surface area contributed by atoms with Crippen LogP contribution in [0.15, 0.2) is 23.5 Å². The first-order chi connectivity index (χ1) is 11.7. The Morgan fingerprint density at radius 2 is 1.92 bits per heavy atom. The molecule has 0 aromatic rings. The van der Waals surface area contributed by atoms with Gasteiger partial charge in [-0.25, -0.2) is 4.79 Å². The van der Waals surface area contributed by atoms with E-state index in [-0.39, 0.29) is 41.2 Å². The van der Waals surface area contributed by atoms with Crippen LogP contribution in [-0.4, -0.2) is 39.9 Å². The fourth-order valence-corrected chi connectivity index (χ4v) is 4.61. The Hall–Kier alpha value is -1.95. The van der Waals surface area contributed by atoms with Gasteiger partial charge < -0.3 is 14.6 Å². The monoisotopic (exact) mass is 346 g/mol. The molecular formula is C19H22O6. The maximum absolute atomic E-state index is 12.7. The molecule has 3 aliphatic heterocycles. The number of rotatable bonds is 0. The maximum atomic E-state index is 12.7. The normalized spacial score (nSPS) is 47.3. The van der Waals surface area contributed by atoms with Gasteiger partial charge in [-0.3, -0.25) is 9.59 Å². The molecule has 25 heavy (non-hydrogen) atoms. The highest BCUT2D eigenvalue weighted by atomic mass is 16.6. The Morgan fingerprint density at radius 3 is 2.64 bits per heavy atom. The largest absolute Gasteiger partial charge is 0.484 e. The van der Waals surface area contributed by atoms with Crippen LogP contribution in [0.5, 0.6) is 0 Å². The van der Waals surface area contributed by atoms with Crippen molar-refractivity contribution in [2.45, 2.75) is 57.3 Å². The number of allylic oxidation sites excluding steroid dienone is 1. The third kappa shape index (κ3) is 1.97. The summed E-state index contributed by atoms with van der Waals surface area (Å²) in [5, 5.41) is 10.9. The first-order valence-corrected chi connectivity index (χ1v) is 8.81. The van der Waals surface area contributed by atoms with E-state index in [0.717, 1.165) is 0 Å². The molecule has 1 N–H and O–H groups in total. The molecule has 0 aromatic carbocycles. The zero-order chi connectivity index (χ0) is 18.1. The number of aliphatic hydroxyl groups is 1. The van der Waals surface area contributed by atoms with Crippen LogP contribution in [0.1, 0.15) is 40.0 Å². The number of carbonyl (C=O) groups is 3. The van der Waals surface area contributed by atoms with Gasteiger partial charge in [0.1, 0.15) is 17.3 Å². The van der Waals surface area contributed by atoms with Gasteiger partial charge >= 0.3 is 5.97 Å². The van der Waals surface area contributed by atoms with Crippen molar-refractivity contribution in [3.63, 3.8) is 0 Å². The van der Waals surface area contributed by atoms with Crippen molar-refractivity contribution in [3.8, 4) is 0 Å². The number of ether oxygens (including phenoxy) is 2. The zero-order valence-electron chi connectivity index (χ0n) is 14.6. The molecule has 6 nitrogen and oxygen atoms in total. The fourth-order valence-electron chi connectivity index (χ4n) is 4.61. The highest BCUT2D eigenvalue weighted by molar-refractivity contribution is 6.19. The van der Waals surface area contributed by atoms with Crippen LogP contribution >= 0.6 is 0 Å². The molecule has 2 aliphatic carbocycles. The summed E-state index contributed by atoms with van der Waals surface area (Å²) in [6, 6.07) is 0. The molecule has 3 heterocycles. The van der Waals surface area contributed by atoms with Crippen LogP contribution in [0.2, 0.25) is 0 Å². The van der Waals surface area contributed by atoms with Crippen LogP contribution in [-0.2, 0) is 23.9 Å². The first kappa shape index (κ1) is 16.5. The molecular weight excluding hydrogens is 324 g/mol. The Kier molecular flexibility index (Phi) is 3.33. The van der Waals surface area contributed by atoms with Crippen molar-refractivity contribution < 1.29 is 29.0 Å². The van der Waals surface area contributed by atoms with Crippen LogP contribution in [0, 0.1) is 17.8 Å². The first-order valence-electron chi connectivity index (χ1n) is 8.81. The van der Waals surface area contributed by atoms with Crippen molar-refractivity contribution in [1.29, 1.82) is 0 Å². The van der Waals surface area contributed by atoms with E-state index in [0.29, 0.717) is 12.8 Å². The summed E-state index contributed by atoms with van der Waals surface area (Å²) in [6.07, 6.45) is 3.07. The van der Waals surface area contributed by atoms with Gasteiger partial charge in [0.2, 0.25) is 0 Å². The minimum Gasteiger partial charge on any atom is -0.484 e. The van der Waals surface area contributed by atoms with Gasteiger partial charge in [0.05, 0.1) is 5.92 Å². The molecule has 2 saturated heterocycles. The van der Waals surface area contributed by atoms with E-state index in [2.05, 4.69) is 0 Å².